The molecule has 1 saturated carbocycles. The van der Waals surface area contributed by atoms with Gasteiger partial charge in [-0.1, -0.05) is 0 Å². The van der Waals surface area contributed by atoms with Crippen LogP contribution in [-0.2, 0) is 4.79 Å². The minimum Gasteiger partial charge on any atom is -0.480 e. The average molecular weight is 155 g/mol. The molecule has 1 saturated heterocycles. The SMILES string of the molecule is O=C(O)[C@@H]1CC2CC[C@@H](C2)N1. The Kier molecular flexibility index (Phi) is 1.60. The summed E-state index contributed by atoms with van der Waals surface area (Å²) in [5.74, 6) is 0.00366. The number of rotatable bonds is 1. The Morgan fingerprint density at radius 2 is 2.18 bits per heavy atom. The van der Waals surface area contributed by atoms with E-state index in [0.29, 0.717) is 12.0 Å². The molecule has 3 atom stereocenters. The lowest BCUT2D eigenvalue weighted by Crippen LogP contribution is -2.45. The lowest BCUT2D eigenvalue weighted by Gasteiger charge is -2.26. The van der Waals surface area contributed by atoms with E-state index in [9.17, 15) is 4.79 Å². The number of aliphatic carboxylic acids is 1. The van der Waals surface area contributed by atoms with Crippen molar-refractivity contribution in [1.29, 1.82) is 0 Å². The molecule has 2 N–H and O–H groups in total. The Morgan fingerprint density at radius 3 is 2.82 bits per heavy atom. The number of piperidine rings is 1. The summed E-state index contributed by atoms with van der Waals surface area (Å²) in [5, 5.41) is 11.9. The summed E-state index contributed by atoms with van der Waals surface area (Å²) in [6, 6.07) is 0.232. The monoisotopic (exact) mass is 155 g/mol. The first-order chi connectivity index (χ1) is 5.25. The average Bonchev–Trinajstić information content (AvgIpc) is 2.30. The minimum atomic E-state index is -0.679. The van der Waals surface area contributed by atoms with E-state index < -0.39 is 5.97 Å². The summed E-state index contributed by atoms with van der Waals surface area (Å²) < 4.78 is 0. The van der Waals surface area contributed by atoms with Crippen LogP contribution in [0.1, 0.15) is 25.7 Å². The summed E-state index contributed by atoms with van der Waals surface area (Å²) in [6.07, 6.45) is 4.44. The van der Waals surface area contributed by atoms with E-state index in [0.717, 1.165) is 6.42 Å². The van der Waals surface area contributed by atoms with Crippen molar-refractivity contribution in [1.82, 2.24) is 5.32 Å². The largest absolute Gasteiger partial charge is 0.480 e. The van der Waals surface area contributed by atoms with Gasteiger partial charge in [0.15, 0.2) is 0 Å². The van der Waals surface area contributed by atoms with Crippen LogP contribution in [-0.4, -0.2) is 23.2 Å². The molecule has 1 heterocycles. The van der Waals surface area contributed by atoms with Crippen LogP contribution in [0.2, 0.25) is 0 Å². The van der Waals surface area contributed by atoms with Gasteiger partial charge in [0, 0.05) is 6.04 Å². The van der Waals surface area contributed by atoms with Crippen molar-refractivity contribution < 1.29 is 9.90 Å². The molecular weight excluding hydrogens is 142 g/mol. The number of nitrogens with one attached hydrogen (secondary N) is 1. The fraction of sp³-hybridized carbons (Fsp3) is 0.875. The van der Waals surface area contributed by atoms with Gasteiger partial charge in [-0.25, -0.2) is 0 Å². The zero-order valence-electron chi connectivity index (χ0n) is 6.42. The highest BCUT2D eigenvalue weighted by Crippen LogP contribution is 2.33. The van der Waals surface area contributed by atoms with Gasteiger partial charge < -0.3 is 10.4 Å². The topological polar surface area (TPSA) is 49.3 Å². The summed E-state index contributed by atoms with van der Waals surface area (Å²) in [5.41, 5.74) is 0. The van der Waals surface area contributed by atoms with Gasteiger partial charge in [0.1, 0.15) is 6.04 Å². The van der Waals surface area contributed by atoms with Crippen LogP contribution < -0.4 is 5.32 Å². The lowest BCUT2D eigenvalue weighted by atomic mass is 9.94. The second-order valence-corrected chi connectivity index (χ2v) is 3.67. The molecule has 1 aliphatic heterocycles. The molecule has 11 heavy (non-hydrogen) atoms. The highest BCUT2D eigenvalue weighted by molar-refractivity contribution is 5.73. The summed E-state index contributed by atoms with van der Waals surface area (Å²) in [6.45, 7) is 0. The molecule has 1 unspecified atom stereocenters. The molecule has 0 amide bonds. The van der Waals surface area contributed by atoms with Crippen LogP contribution in [0.5, 0.6) is 0 Å². The molecule has 2 fully saturated rings. The molecule has 3 heteroatoms. The molecular formula is C8H13NO2. The van der Waals surface area contributed by atoms with E-state index in [2.05, 4.69) is 5.32 Å². The molecule has 62 valence electrons. The van der Waals surface area contributed by atoms with Crippen LogP contribution in [0.15, 0.2) is 0 Å². The number of hydrogen-bond acceptors (Lipinski definition) is 2. The van der Waals surface area contributed by atoms with E-state index in [1.165, 1.54) is 19.3 Å². The Hall–Kier alpha value is -0.570. The fourth-order valence-corrected chi connectivity index (χ4v) is 2.30. The van der Waals surface area contributed by atoms with Crippen molar-refractivity contribution >= 4 is 5.97 Å². The standard InChI is InChI=1S/C8H13NO2/c10-8(11)7-4-5-1-2-6(3-5)9-7/h5-7,9H,1-4H2,(H,10,11)/t5?,6-,7-/m0/s1. The van der Waals surface area contributed by atoms with Crippen LogP contribution in [0.3, 0.4) is 0 Å². The maximum absolute atomic E-state index is 10.6. The molecule has 2 bridgehead atoms. The van der Waals surface area contributed by atoms with Gasteiger partial charge in [-0.3, -0.25) is 4.79 Å². The predicted octanol–water partition coefficient (Wildman–Crippen LogP) is 0.602. The third kappa shape index (κ3) is 1.25. The van der Waals surface area contributed by atoms with Gasteiger partial charge in [-0.15, -0.1) is 0 Å². The molecule has 1 aliphatic carbocycles. The first-order valence-electron chi connectivity index (χ1n) is 4.24. The van der Waals surface area contributed by atoms with Gasteiger partial charge in [0.05, 0.1) is 0 Å². The van der Waals surface area contributed by atoms with Crippen molar-refractivity contribution in [2.75, 3.05) is 0 Å². The Morgan fingerprint density at radius 1 is 1.36 bits per heavy atom. The third-order valence-corrected chi connectivity index (χ3v) is 2.85. The summed E-state index contributed by atoms with van der Waals surface area (Å²) in [4.78, 5) is 10.6. The van der Waals surface area contributed by atoms with Gasteiger partial charge in [0.2, 0.25) is 0 Å². The van der Waals surface area contributed by atoms with Crippen LogP contribution in [0, 0.1) is 5.92 Å². The molecule has 0 radical (unpaired) electrons. The maximum Gasteiger partial charge on any atom is 0.320 e. The number of carboxylic acid groups (broad SMARTS) is 1. The lowest BCUT2D eigenvalue weighted by molar-refractivity contribution is -0.140. The van der Waals surface area contributed by atoms with Crippen molar-refractivity contribution in [3.05, 3.63) is 0 Å². The quantitative estimate of drug-likeness (QED) is 0.583. The minimum absolute atomic E-state index is 0.263. The van der Waals surface area contributed by atoms with Gasteiger partial charge in [-0.05, 0) is 31.6 Å². The molecule has 0 aromatic carbocycles. The van der Waals surface area contributed by atoms with Crippen LogP contribution >= 0.6 is 0 Å². The summed E-state index contributed by atoms with van der Waals surface area (Å²) >= 11 is 0. The number of hydrogen-bond donors (Lipinski definition) is 2. The van der Waals surface area contributed by atoms with Gasteiger partial charge >= 0.3 is 5.97 Å². The van der Waals surface area contributed by atoms with E-state index in [4.69, 9.17) is 5.11 Å². The fourth-order valence-electron chi connectivity index (χ4n) is 2.30. The van der Waals surface area contributed by atoms with E-state index >= 15 is 0 Å². The van der Waals surface area contributed by atoms with Crippen molar-refractivity contribution in [3.63, 3.8) is 0 Å². The third-order valence-electron chi connectivity index (χ3n) is 2.85. The number of fused-ring (bicyclic) bond motifs is 2. The molecule has 2 aliphatic rings. The molecule has 0 aromatic heterocycles. The smallest absolute Gasteiger partial charge is 0.320 e. The van der Waals surface area contributed by atoms with Crippen molar-refractivity contribution in [2.45, 2.75) is 37.8 Å². The number of carbonyl (C=O) groups is 1. The zero-order valence-corrected chi connectivity index (χ0v) is 6.42. The molecule has 3 nitrogen and oxygen atoms in total. The highest BCUT2D eigenvalue weighted by atomic mass is 16.4. The molecule has 0 aromatic rings. The zero-order chi connectivity index (χ0) is 7.84. The Labute approximate surface area is 65.8 Å². The summed E-state index contributed by atoms with van der Waals surface area (Å²) in [7, 11) is 0. The second kappa shape index (κ2) is 2.48. The maximum atomic E-state index is 10.6. The molecule has 2 rings (SSSR count). The van der Waals surface area contributed by atoms with E-state index in [1.54, 1.807) is 0 Å². The Balaban J connectivity index is 2.02. The van der Waals surface area contributed by atoms with E-state index in [-0.39, 0.29) is 6.04 Å². The van der Waals surface area contributed by atoms with Crippen LogP contribution in [0.4, 0.5) is 0 Å². The first-order valence-corrected chi connectivity index (χ1v) is 4.24. The highest BCUT2D eigenvalue weighted by Gasteiger charge is 2.36. The second-order valence-electron chi connectivity index (χ2n) is 3.67. The molecule has 0 spiro atoms. The van der Waals surface area contributed by atoms with Crippen LogP contribution in [0.25, 0.3) is 0 Å². The van der Waals surface area contributed by atoms with E-state index in [1.807, 2.05) is 0 Å². The first kappa shape index (κ1) is 7.10. The van der Waals surface area contributed by atoms with Gasteiger partial charge in [-0.2, -0.15) is 0 Å². The van der Waals surface area contributed by atoms with Crippen molar-refractivity contribution in [2.24, 2.45) is 5.92 Å². The normalized spacial score (nSPS) is 42.4. The Bertz CT molecular complexity index is 169. The number of carboxylic acids is 1. The predicted molar refractivity (Wildman–Crippen MR) is 40.3 cm³/mol. The van der Waals surface area contributed by atoms with Gasteiger partial charge in [0.25, 0.3) is 0 Å². The van der Waals surface area contributed by atoms with Crippen molar-refractivity contribution in [3.8, 4) is 0 Å².